The largest absolute Gasteiger partial charge is 0.507 e. The van der Waals surface area contributed by atoms with Gasteiger partial charge in [-0.1, -0.05) is 24.3 Å². The molecule has 0 fully saturated rings. The van der Waals surface area contributed by atoms with E-state index in [1.165, 1.54) is 36.4 Å². The van der Waals surface area contributed by atoms with Crippen molar-refractivity contribution >= 4 is 17.6 Å². The van der Waals surface area contributed by atoms with E-state index < -0.39 is 23.7 Å². The highest BCUT2D eigenvalue weighted by Crippen LogP contribution is 2.41. The van der Waals surface area contributed by atoms with Crippen LogP contribution in [0.3, 0.4) is 0 Å². The van der Waals surface area contributed by atoms with Gasteiger partial charge in [0.05, 0.1) is 23.1 Å². The summed E-state index contributed by atoms with van der Waals surface area (Å²) in [6.07, 6.45) is -3.64. The number of alkyl halides is 3. The summed E-state index contributed by atoms with van der Waals surface area (Å²) in [6.45, 7) is 0. The summed E-state index contributed by atoms with van der Waals surface area (Å²) in [7, 11) is 0. The number of aromatic nitrogens is 2. The number of phenolic OH excluding ortho intramolecular Hbond substituents is 1. The second-order valence-electron chi connectivity index (χ2n) is 5.93. The van der Waals surface area contributed by atoms with Crippen LogP contribution in [-0.2, 0) is 6.18 Å². The Morgan fingerprint density at radius 2 is 1.76 bits per heavy atom. The molecule has 0 atom stereocenters. The number of hydrogen-bond donors (Lipinski definition) is 4. The quantitative estimate of drug-likeness (QED) is 0.530. The standard InChI is InChI=1S/C18H14F3N5O3/c19-18(20,21)12-7-9(5-6-10(12)11-3-1-2-4-14(11)27)26-8-13(24-17(23)29)15(25-26)16(22)28/h1-8,27H,(H2,22,28)(H3,23,24,29). The first kappa shape index (κ1) is 19.7. The monoisotopic (exact) mass is 405 g/mol. The average Bonchev–Trinajstić information content (AvgIpc) is 3.04. The molecule has 0 spiro atoms. The Morgan fingerprint density at radius 3 is 2.34 bits per heavy atom. The molecule has 3 aromatic rings. The molecule has 0 saturated heterocycles. The number of rotatable bonds is 4. The maximum atomic E-state index is 13.7. The van der Waals surface area contributed by atoms with Crippen molar-refractivity contribution in [3.8, 4) is 22.6 Å². The maximum Gasteiger partial charge on any atom is 0.417 e. The molecule has 6 N–H and O–H groups in total. The van der Waals surface area contributed by atoms with Crippen molar-refractivity contribution in [1.29, 1.82) is 0 Å². The van der Waals surface area contributed by atoms with Crippen molar-refractivity contribution in [2.24, 2.45) is 11.5 Å². The summed E-state index contributed by atoms with van der Waals surface area (Å²) >= 11 is 0. The van der Waals surface area contributed by atoms with Gasteiger partial charge in [0.15, 0.2) is 5.69 Å². The Kier molecular flexibility index (Phi) is 4.89. The average molecular weight is 405 g/mol. The van der Waals surface area contributed by atoms with E-state index in [-0.39, 0.29) is 33.9 Å². The number of phenols is 1. The molecule has 2 aromatic carbocycles. The fourth-order valence-corrected chi connectivity index (χ4v) is 2.76. The molecule has 1 heterocycles. The van der Waals surface area contributed by atoms with Crippen LogP contribution < -0.4 is 16.8 Å². The Morgan fingerprint density at radius 1 is 1.07 bits per heavy atom. The predicted octanol–water partition coefficient (Wildman–Crippen LogP) is 2.85. The Hall–Kier alpha value is -4.02. The van der Waals surface area contributed by atoms with Gasteiger partial charge in [-0.15, -0.1) is 0 Å². The van der Waals surface area contributed by atoms with Crippen LogP contribution in [-0.4, -0.2) is 26.8 Å². The minimum atomic E-state index is -4.75. The van der Waals surface area contributed by atoms with Crippen molar-refractivity contribution in [3.05, 3.63) is 59.9 Å². The Bertz CT molecular complexity index is 1110. The second kappa shape index (κ2) is 7.19. The summed E-state index contributed by atoms with van der Waals surface area (Å²) in [4.78, 5) is 22.6. The summed E-state index contributed by atoms with van der Waals surface area (Å²) in [5.74, 6) is -1.32. The highest BCUT2D eigenvalue weighted by atomic mass is 19.4. The molecule has 0 aliphatic carbocycles. The van der Waals surface area contributed by atoms with E-state index in [1.807, 2.05) is 0 Å². The smallest absolute Gasteiger partial charge is 0.417 e. The normalized spacial score (nSPS) is 11.3. The first-order valence-electron chi connectivity index (χ1n) is 8.04. The number of nitrogens with one attached hydrogen (secondary N) is 1. The van der Waals surface area contributed by atoms with E-state index in [1.54, 1.807) is 0 Å². The fourth-order valence-electron chi connectivity index (χ4n) is 2.76. The van der Waals surface area contributed by atoms with Crippen molar-refractivity contribution in [2.75, 3.05) is 5.32 Å². The lowest BCUT2D eigenvalue weighted by atomic mass is 9.98. The third-order valence-corrected chi connectivity index (χ3v) is 3.97. The van der Waals surface area contributed by atoms with Gasteiger partial charge in [-0.05, 0) is 23.8 Å². The molecule has 150 valence electrons. The third-order valence-electron chi connectivity index (χ3n) is 3.97. The zero-order valence-electron chi connectivity index (χ0n) is 14.6. The number of hydrogen-bond acceptors (Lipinski definition) is 4. The van der Waals surface area contributed by atoms with Crippen LogP contribution in [0.25, 0.3) is 16.8 Å². The van der Waals surface area contributed by atoms with Crippen LogP contribution in [0.1, 0.15) is 16.1 Å². The van der Waals surface area contributed by atoms with Gasteiger partial charge in [-0.3, -0.25) is 4.79 Å². The molecule has 0 unspecified atom stereocenters. The molecule has 3 amide bonds. The lowest BCUT2D eigenvalue weighted by molar-refractivity contribution is -0.137. The van der Waals surface area contributed by atoms with Crippen LogP contribution in [0.4, 0.5) is 23.7 Å². The minimum Gasteiger partial charge on any atom is -0.507 e. The molecule has 1 aromatic heterocycles. The van der Waals surface area contributed by atoms with Crippen LogP contribution in [0.2, 0.25) is 0 Å². The molecule has 0 aliphatic heterocycles. The number of carbonyl (C=O) groups excluding carboxylic acids is 2. The molecular formula is C18H14F3N5O3. The van der Waals surface area contributed by atoms with Crippen LogP contribution in [0.5, 0.6) is 5.75 Å². The van der Waals surface area contributed by atoms with E-state index >= 15 is 0 Å². The molecule has 11 heteroatoms. The first-order valence-corrected chi connectivity index (χ1v) is 8.04. The van der Waals surface area contributed by atoms with Gasteiger partial charge in [-0.2, -0.15) is 18.3 Å². The maximum absolute atomic E-state index is 13.7. The summed E-state index contributed by atoms with van der Waals surface area (Å²) in [5, 5.41) is 15.9. The molecule has 0 radical (unpaired) electrons. The number of amides is 3. The van der Waals surface area contributed by atoms with E-state index in [4.69, 9.17) is 11.5 Å². The Balaban J connectivity index is 2.17. The third kappa shape index (κ3) is 3.98. The number of halogens is 3. The molecule has 29 heavy (non-hydrogen) atoms. The predicted molar refractivity (Wildman–Crippen MR) is 97.4 cm³/mol. The number of nitrogens with two attached hydrogens (primary N) is 2. The van der Waals surface area contributed by atoms with Crippen molar-refractivity contribution in [3.63, 3.8) is 0 Å². The molecule has 0 bridgehead atoms. The zero-order chi connectivity index (χ0) is 21.3. The number of urea groups is 1. The topological polar surface area (TPSA) is 136 Å². The lowest BCUT2D eigenvalue weighted by Gasteiger charge is -2.15. The molecule has 3 rings (SSSR count). The van der Waals surface area contributed by atoms with Gasteiger partial charge < -0.3 is 21.9 Å². The molecule has 0 aliphatic rings. The molecular weight excluding hydrogens is 391 g/mol. The van der Waals surface area contributed by atoms with Gasteiger partial charge in [0.2, 0.25) is 0 Å². The number of para-hydroxylation sites is 1. The number of anilines is 1. The number of nitrogens with zero attached hydrogens (tertiary/aromatic N) is 2. The van der Waals surface area contributed by atoms with Crippen LogP contribution in [0.15, 0.2) is 48.7 Å². The summed E-state index contributed by atoms with van der Waals surface area (Å²) < 4.78 is 42.0. The van der Waals surface area contributed by atoms with Gasteiger partial charge in [0, 0.05) is 5.56 Å². The Labute approximate surface area is 161 Å². The van der Waals surface area contributed by atoms with Gasteiger partial charge in [-0.25, -0.2) is 9.48 Å². The molecule has 8 nitrogen and oxygen atoms in total. The van der Waals surface area contributed by atoms with Crippen molar-refractivity contribution in [2.45, 2.75) is 6.18 Å². The minimum absolute atomic E-state index is 0.000694. The SMILES string of the molecule is NC(=O)Nc1cn(-c2ccc(-c3ccccc3O)c(C(F)(F)F)c2)nc1C(N)=O. The number of primary amides is 2. The zero-order valence-corrected chi connectivity index (χ0v) is 14.6. The highest BCUT2D eigenvalue weighted by Gasteiger charge is 2.35. The van der Waals surface area contributed by atoms with Gasteiger partial charge in [0.1, 0.15) is 5.75 Å². The van der Waals surface area contributed by atoms with Crippen molar-refractivity contribution in [1.82, 2.24) is 9.78 Å². The lowest BCUT2D eigenvalue weighted by Crippen LogP contribution is -2.22. The van der Waals surface area contributed by atoms with Gasteiger partial charge >= 0.3 is 12.2 Å². The van der Waals surface area contributed by atoms with Gasteiger partial charge in [0.25, 0.3) is 5.91 Å². The summed E-state index contributed by atoms with van der Waals surface area (Å²) in [5.41, 5.74) is 8.34. The number of aromatic hydroxyl groups is 1. The van der Waals surface area contributed by atoms with E-state index in [0.29, 0.717) is 0 Å². The van der Waals surface area contributed by atoms with Crippen LogP contribution >= 0.6 is 0 Å². The van der Waals surface area contributed by atoms with E-state index in [2.05, 4.69) is 10.4 Å². The highest BCUT2D eigenvalue weighted by molar-refractivity contribution is 6.00. The fraction of sp³-hybridized carbons (Fsp3) is 0.0556. The van der Waals surface area contributed by atoms with Crippen LogP contribution in [0, 0.1) is 0 Å². The second-order valence-corrected chi connectivity index (χ2v) is 5.93. The van der Waals surface area contributed by atoms with E-state index in [9.17, 15) is 27.9 Å². The van der Waals surface area contributed by atoms with Crippen molar-refractivity contribution < 1.29 is 27.9 Å². The summed E-state index contributed by atoms with van der Waals surface area (Å²) in [6, 6.07) is 7.89. The number of carbonyl (C=O) groups is 2. The van der Waals surface area contributed by atoms with E-state index in [0.717, 1.165) is 16.9 Å². The number of benzene rings is 2. The molecule has 0 saturated carbocycles. The first-order chi connectivity index (χ1) is 13.6.